The summed E-state index contributed by atoms with van der Waals surface area (Å²) in [4.78, 5) is 10.9. The fourth-order valence-corrected chi connectivity index (χ4v) is 2.50. The standard InChI is InChI=1S/C23H28O5/c1-3-23(24)27-17-7-5-4-6-16-26-21-10-8-19(9-11-21)18-28-22-14-12-20(25-2)13-15-22/h3,8-15H,1,4-7,16-18H2,2H3. The molecule has 0 fully saturated rings. The molecule has 2 aromatic carbocycles. The minimum Gasteiger partial charge on any atom is -0.497 e. The van der Waals surface area contributed by atoms with Crippen LogP contribution in [0.25, 0.3) is 0 Å². The normalized spacial score (nSPS) is 10.2. The van der Waals surface area contributed by atoms with Crippen molar-refractivity contribution >= 4 is 5.97 Å². The van der Waals surface area contributed by atoms with E-state index in [4.69, 9.17) is 18.9 Å². The van der Waals surface area contributed by atoms with Crippen LogP contribution in [0.1, 0.15) is 31.2 Å². The van der Waals surface area contributed by atoms with Gasteiger partial charge in [0.05, 0.1) is 20.3 Å². The number of benzene rings is 2. The summed E-state index contributed by atoms with van der Waals surface area (Å²) in [5.41, 5.74) is 1.08. The van der Waals surface area contributed by atoms with Gasteiger partial charge >= 0.3 is 5.97 Å². The number of carbonyl (C=O) groups is 1. The molecule has 0 amide bonds. The first-order chi connectivity index (χ1) is 13.7. The van der Waals surface area contributed by atoms with E-state index in [1.54, 1.807) is 7.11 Å². The quantitative estimate of drug-likeness (QED) is 0.278. The van der Waals surface area contributed by atoms with Crippen molar-refractivity contribution in [2.75, 3.05) is 20.3 Å². The summed E-state index contributed by atoms with van der Waals surface area (Å²) in [6.07, 6.45) is 5.07. The van der Waals surface area contributed by atoms with Gasteiger partial charge in [-0.05, 0) is 67.6 Å². The van der Waals surface area contributed by atoms with Crippen LogP contribution in [0.15, 0.2) is 61.2 Å². The van der Waals surface area contributed by atoms with E-state index in [9.17, 15) is 4.79 Å². The van der Waals surface area contributed by atoms with Crippen LogP contribution in [0.3, 0.4) is 0 Å². The third-order valence-electron chi connectivity index (χ3n) is 4.11. The largest absolute Gasteiger partial charge is 0.497 e. The maximum Gasteiger partial charge on any atom is 0.330 e. The Bertz CT molecular complexity index is 707. The lowest BCUT2D eigenvalue weighted by molar-refractivity contribution is -0.137. The van der Waals surface area contributed by atoms with Crippen molar-refractivity contribution in [3.05, 3.63) is 66.7 Å². The molecule has 0 heterocycles. The number of methoxy groups -OCH3 is 1. The first-order valence-corrected chi connectivity index (χ1v) is 9.49. The Hall–Kier alpha value is -2.95. The topological polar surface area (TPSA) is 54.0 Å². The average Bonchev–Trinajstić information content (AvgIpc) is 2.75. The highest BCUT2D eigenvalue weighted by Gasteiger charge is 2.00. The third-order valence-corrected chi connectivity index (χ3v) is 4.11. The molecule has 0 radical (unpaired) electrons. The van der Waals surface area contributed by atoms with Crippen LogP contribution in [0.2, 0.25) is 0 Å². The van der Waals surface area contributed by atoms with E-state index in [-0.39, 0.29) is 5.97 Å². The van der Waals surface area contributed by atoms with Gasteiger partial charge in [0, 0.05) is 6.08 Å². The van der Waals surface area contributed by atoms with Gasteiger partial charge in [0.25, 0.3) is 0 Å². The first kappa shape index (κ1) is 21.4. The van der Waals surface area contributed by atoms with Crippen LogP contribution in [0.5, 0.6) is 17.2 Å². The van der Waals surface area contributed by atoms with E-state index in [0.717, 1.165) is 48.5 Å². The maximum atomic E-state index is 10.9. The van der Waals surface area contributed by atoms with Crippen molar-refractivity contribution in [2.24, 2.45) is 0 Å². The molecule has 0 saturated heterocycles. The first-order valence-electron chi connectivity index (χ1n) is 9.49. The Morgan fingerprint density at radius 2 is 1.39 bits per heavy atom. The predicted molar refractivity (Wildman–Crippen MR) is 109 cm³/mol. The number of esters is 1. The van der Waals surface area contributed by atoms with Crippen LogP contribution in [-0.4, -0.2) is 26.3 Å². The van der Waals surface area contributed by atoms with E-state index in [1.165, 1.54) is 6.08 Å². The summed E-state index contributed by atoms with van der Waals surface area (Å²) >= 11 is 0. The van der Waals surface area contributed by atoms with Gasteiger partial charge in [-0.1, -0.05) is 18.7 Å². The summed E-state index contributed by atoms with van der Waals surface area (Å²) in [5.74, 6) is 2.11. The molecule has 0 aliphatic rings. The van der Waals surface area contributed by atoms with E-state index in [1.807, 2.05) is 48.5 Å². The highest BCUT2D eigenvalue weighted by atomic mass is 16.5. The van der Waals surface area contributed by atoms with E-state index in [2.05, 4.69) is 6.58 Å². The van der Waals surface area contributed by atoms with Crippen LogP contribution in [0, 0.1) is 0 Å². The molecule has 2 aromatic rings. The Kier molecular flexibility index (Phi) is 9.49. The molecule has 0 bridgehead atoms. The van der Waals surface area contributed by atoms with Gasteiger partial charge in [0.15, 0.2) is 0 Å². The van der Waals surface area contributed by atoms with E-state index >= 15 is 0 Å². The highest BCUT2D eigenvalue weighted by Crippen LogP contribution is 2.19. The molecule has 5 heteroatoms. The lowest BCUT2D eigenvalue weighted by Gasteiger charge is -2.09. The number of carbonyl (C=O) groups excluding carboxylic acids is 1. The molecule has 0 N–H and O–H groups in total. The van der Waals surface area contributed by atoms with Gasteiger partial charge < -0.3 is 18.9 Å². The smallest absolute Gasteiger partial charge is 0.330 e. The van der Waals surface area contributed by atoms with Crippen molar-refractivity contribution in [2.45, 2.75) is 32.3 Å². The van der Waals surface area contributed by atoms with E-state index < -0.39 is 0 Å². The van der Waals surface area contributed by atoms with E-state index in [0.29, 0.717) is 19.8 Å². The lowest BCUT2D eigenvalue weighted by atomic mass is 10.2. The number of rotatable bonds is 13. The second-order valence-corrected chi connectivity index (χ2v) is 6.24. The summed E-state index contributed by atoms with van der Waals surface area (Å²) in [7, 11) is 1.64. The molecule has 0 saturated carbocycles. The molecule has 0 aromatic heterocycles. The molecule has 0 spiro atoms. The van der Waals surface area contributed by atoms with Crippen LogP contribution in [0.4, 0.5) is 0 Å². The number of unbranched alkanes of at least 4 members (excludes halogenated alkanes) is 3. The molecule has 28 heavy (non-hydrogen) atoms. The van der Waals surface area contributed by atoms with Gasteiger partial charge in [-0.15, -0.1) is 0 Å². The molecular formula is C23H28O5. The summed E-state index contributed by atoms with van der Waals surface area (Å²) in [6, 6.07) is 15.5. The molecule has 2 rings (SSSR count). The summed E-state index contributed by atoms with van der Waals surface area (Å²) in [5, 5.41) is 0. The van der Waals surface area contributed by atoms with Crippen molar-refractivity contribution in [1.29, 1.82) is 0 Å². The zero-order chi connectivity index (χ0) is 20.0. The molecule has 150 valence electrons. The molecule has 0 aliphatic carbocycles. The summed E-state index contributed by atoms with van der Waals surface area (Å²) < 4.78 is 21.6. The second kappa shape index (κ2) is 12.4. The molecule has 0 unspecified atom stereocenters. The van der Waals surface area contributed by atoms with Crippen LogP contribution < -0.4 is 14.2 Å². The van der Waals surface area contributed by atoms with Gasteiger partial charge in [0.1, 0.15) is 23.9 Å². The van der Waals surface area contributed by atoms with Crippen molar-refractivity contribution in [3.8, 4) is 17.2 Å². The van der Waals surface area contributed by atoms with Gasteiger partial charge in [-0.2, -0.15) is 0 Å². The third kappa shape index (κ3) is 8.16. The van der Waals surface area contributed by atoms with Crippen molar-refractivity contribution in [3.63, 3.8) is 0 Å². The van der Waals surface area contributed by atoms with Crippen molar-refractivity contribution < 1.29 is 23.7 Å². The average molecular weight is 384 g/mol. The van der Waals surface area contributed by atoms with Gasteiger partial charge in [0.2, 0.25) is 0 Å². The molecular weight excluding hydrogens is 356 g/mol. The minimum atomic E-state index is -0.360. The number of hydrogen-bond acceptors (Lipinski definition) is 5. The van der Waals surface area contributed by atoms with Crippen LogP contribution >= 0.6 is 0 Å². The second-order valence-electron chi connectivity index (χ2n) is 6.24. The lowest BCUT2D eigenvalue weighted by Crippen LogP contribution is -2.02. The Morgan fingerprint density at radius 1 is 0.821 bits per heavy atom. The van der Waals surface area contributed by atoms with Crippen molar-refractivity contribution in [1.82, 2.24) is 0 Å². The minimum absolute atomic E-state index is 0.360. The zero-order valence-electron chi connectivity index (χ0n) is 16.4. The Labute approximate surface area is 166 Å². The maximum absolute atomic E-state index is 10.9. The molecule has 0 aliphatic heterocycles. The Balaban J connectivity index is 1.58. The fourth-order valence-electron chi connectivity index (χ4n) is 2.50. The van der Waals surface area contributed by atoms with Gasteiger partial charge in [-0.25, -0.2) is 4.79 Å². The number of hydrogen-bond donors (Lipinski definition) is 0. The highest BCUT2D eigenvalue weighted by molar-refractivity contribution is 5.81. The fraction of sp³-hybridized carbons (Fsp3) is 0.348. The molecule has 5 nitrogen and oxygen atoms in total. The predicted octanol–water partition coefficient (Wildman–Crippen LogP) is 4.94. The van der Waals surface area contributed by atoms with Crippen LogP contribution in [-0.2, 0) is 16.1 Å². The SMILES string of the molecule is C=CC(=O)OCCCCCCOc1ccc(COc2ccc(OC)cc2)cc1. The monoisotopic (exact) mass is 384 g/mol. The molecule has 0 atom stereocenters. The number of ether oxygens (including phenoxy) is 4. The summed E-state index contributed by atoms with van der Waals surface area (Å²) in [6.45, 7) is 4.99. The zero-order valence-corrected chi connectivity index (χ0v) is 16.4. The Morgan fingerprint density at radius 3 is 2.04 bits per heavy atom. The van der Waals surface area contributed by atoms with Gasteiger partial charge in [-0.3, -0.25) is 0 Å².